The third-order valence-corrected chi connectivity index (χ3v) is 1.98. The van der Waals surface area contributed by atoms with Crippen molar-refractivity contribution >= 4 is 34.2 Å². The largest absolute Gasteiger partial charge is 0.231 e. The van der Waals surface area contributed by atoms with Crippen LogP contribution >= 0.6 is 34.2 Å². The minimum absolute atomic E-state index is 0.424. The normalized spacial score (nSPS) is 9.18. The number of nitriles is 1. The van der Waals surface area contributed by atoms with E-state index in [1.54, 1.807) is 6.07 Å². The van der Waals surface area contributed by atoms with Crippen molar-refractivity contribution in [3.8, 4) is 6.07 Å². The number of hydrogen-bond acceptors (Lipinski definition) is 2. The molecule has 1 aromatic rings. The number of rotatable bonds is 1. The van der Waals surface area contributed by atoms with Gasteiger partial charge in [-0.3, -0.25) is 0 Å². The fraction of sp³-hybridized carbons (Fsp3) is 0.143. The van der Waals surface area contributed by atoms with Gasteiger partial charge in [-0.15, -0.1) is 11.6 Å². The predicted molar refractivity (Wildman–Crippen MR) is 51.2 cm³/mol. The van der Waals surface area contributed by atoms with Crippen molar-refractivity contribution in [2.75, 3.05) is 0 Å². The van der Waals surface area contributed by atoms with Gasteiger partial charge in [0.05, 0.1) is 0 Å². The van der Waals surface area contributed by atoms with Crippen LogP contribution in [0.3, 0.4) is 0 Å². The van der Waals surface area contributed by atoms with Crippen LogP contribution < -0.4 is 0 Å². The lowest BCUT2D eigenvalue weighted by atomic mass is 10.2. The number of aromatic nitrogens is 1. The van der Waals surface area contributed by atoms with Crippen molar-refractivity contribution in [3.63, 3.8) is 0 Å². The Balaban J connectivity index is 3.15. The molecule has 0 saturated carbocycles. The molecule has 1 heterocycles. The van der Waals surface area contributed by atoms with E-state index in [-0.39, 0.29) is 0 Å². The van der Waals surface area contributed by atoms with E-state index in [2.05, 4.69) is 27.6 Å². The first kappa shape index (κ1) is 8.75. The molecule has 0 atom stereocenters. The van der Waals surface area contributed by atoms with Crippen LogP contribution in [0.15, 0.2) is 12.1 Å². The first-order chi connectivity index (χ1) is 5.26. The summed E-state index contributed by atoms with van der Waals surface area (Å²) in [5.41, 5.74) is 1.36. The Morgan fingerprint density at radius 1 is 1.64 bits per heavy atom. The average molecular weight is 278 g/mol. The fourth-order valence-corrected chi connectivity index (χ4v) is 1.50. The molecule has 4 heteroatoms. The molecule has 0 N–H and O–H groups in total. The Hall–Kier alpha value is -0.340. The van der Waals surface area contributed by atoms with Crippen LogP contribution in [0, 0.1) is 15.0 Å². The highest BCUT2D eigenvalue weighted by Crippen LogP contribution is 2.09. The van der Waals surface area contributed by atoms with Crippen molar-refractivity contribution in [1.82, 2.24) is 4.98 Å². The number of nitrogens with zero attached hydrogens (tertiary/aromatic N) is 2. The zero-order valence-corrected chi connectivity index (χ0v) is 8.43. The topological polar surface area (TPSA) is 36.7 Å². The molecule has 0 fully saturated rings. The molecule has 0 bridgehead atoms. The highest BCUT2D eigenvalue weighted by molar-refractivity contribution is 14.1. The molecule has 0 spiro atoms. The van der Waals surface area contributed by atoms with Crippen molar-refractivity contribution in [3.05, 3.63) is 27.1 Å². The maximum Gasteiger partial charge on any atom is 0.142 e. The molecular weight excluding hydrogens is 274 g/mol. The summed E-state index contributed by atoms with van der Waals surface area (Å²) in [5, 5.41) is 8.52. The third kappa shape index (κ3) is 2.31. The van der Waals surface area contributed by atoms with Gasteiger partial charge < -0.3 is 0 Å². The van der Waals surface area contributed by atoms with Gasteiger partial charge >= 0.3 is 0 Å². The molecule has 0 radical (unpaired) electrons. The SMILES string of the molecule is N#Cc1cc(CCl)cc(I)n1. The molecule has 0 aliphatic heterocycles. The van der Waals surface area contributed by atoms with Gasteiger partial charge in [-0.05, 0) is 40.3 Å². The first-order valence-corrected chi connectivity index (χ1v) is 4.50. The van der Waals surface area contributed by atoms with Gasteiger partial charge in [-0.2, -0.15) is 5.26 Å². The Morgan fingerprint density at radius 3 is 2.91 bits per heavy atom. The highest BCUT2D eigenvalue weighted by Gasteiger charge is 1.97. The van der Waals surface area contributed by atoms with Crippen molar-refractivity contribution in [2.45, 2.75) is 5.88 Å². The lowest BCUT2D eigenvalue weighted by Gasteiger charge is -1.95. The van der Waals surface area contributed by atoms with E-state index < -0.39 is 0 Å². The van der Waals surface area contributed by atoms with Crippen LogP contribution in [0.4, 0.5) is 0 Å². The van der Waals surface area contributed by atoms with E-state index in [4.69, 9.17) is 16.9 Å². The van der Waals surface area contributed by atoms with Gasteiger partial charge in [0.15, 0.2) is 0 Å². The van der Waals surface area contributed by atoms with Gasteiger partial charge in [0.2, 0.25) is 0 Å². The minimum atomic E-state index is 0.424. The Morgan fingerprint density at radius 2 is 2.36 bits per heavy atom. The number of hydrogen-bond donors (Lipinski definition) is 0. The summed E-state index contributed by atoms with van der Waals surface area (Å²) in [4.78, 5) is 3.97. The summed E-state index contributed by atoms with van der Waals surface area (Å²) in [5.74, 6) is 0.424. The van der Waals surface area contributed by atoms with Crippen LogP contribution in [0.25, 0.3) is 0 Å². The van der Waals surface area contributed by atoms with Gasteiger partial charge in [0.25, 0.3) is 0 Å². The summed E-state index contributed by atoms with van der Waals surface area (Å²) >= 11 is 7.64. The van der Waals surface area contributed by atoms with E-state index in [0.717, 1.165) is 9.26 Å². The van der Waals surface area contributed by atoms with E-state index in [1.807, 2.05) is 12.1 Å². The van der Waals surface area contributed by atoms with E-state index >= 15 is 0 Å². The van der Waals surface area contributed by atoms with Crippen molar-refractivity contribution < 1.29 is 0 Å². The molecule has 0 aliphatic carbocycles. The van der Waals surface area contributed by atoms with Crippen LogP contribution in [0.1, 0.15) is 11.3 Å². The second kappa shape index (κ2) is 3.88. The highest BCUT2D eigenvalue weighted by atomic mass is 127. The molecule has 1 aromatic heterocycles. The standard InChI is InChI=1S/C7H4ClIN2/c8-3-5-1-6(4-10)11-7(9)2-5/h1-2H,3H2. The van der Waals surface area contributed by atoms with Crippen LogP contribution in [0.5, 0.6) is 0 Å². The molecule has 0 unspecified atom stereocenters. The fourth-order valence-electron chi connectivity index (χ4n) is 0.684. The molecule has 0 aliphatic rings. The maximum atomic E-state index is 8.52. The molecule has 0 aromatic carbocycles. The smallest absolute Gasteiger partial charge is 0.142 e. The first-order valence-electron chi connectivity index (χ1n) is 2.89. The van der Waals surface area contributed by atoms with Gasteiger partial charge in [0, 0.05) is 5.88 Å². The second-order valence-electron chi connectivity index (χ2n) is 1.93. The molecule has 1 rings (SSSR count). The minimum Gasteiger partial charge on any atom is -0.231 e. The lowest BCUT2D eigenvalue weighted by Crippen LogP contribution is -1.89. The molecular formula is C7H4ClIN2. The van der Waals surface area contributed by atoms with Gasteiger partial charge in [0.1, 0.15) is 15.5 Å². The molecule has 2 nitrogen and oxygen atoms in total. The molecule has 0 saturated heterocycles. The molecule has 0 amide bonds. The van der Waals surface area contributed by atoms with Crippen LogP contribution in [-0.2, 0) is 5.88 Å². The van der Waals surface area contributed by atoms with E-state index in [0.29, 0.717) is 11.6 Å². The van der Waals surface area contributed by atoms with E-state index in [9.17, 15) is 0 Å². The average Bonchev–Trinajstić information content (AvgIpc) is 2.03. The van der Waals surface area contributed by atoms with E-state index in [1.165, 1.54) is 0 Å². The Bertz CT molecular complexity index is 306. The quantitative estimate of drug-likeness (QED) is 0.449. The van der Waals surface area contributed by atoms with Gasteiger partial charge in [-0.1, -0.05) is 0 Å². The number of alkyl halides is 1. The Labute approximate surface area is 83.3 Å². The van der Waals surface area contributed by atoms with Crippen LogP contribution in [-0.4, -0.2) is 4.98 Å². The van der Waals surface area contributed by atoms with Crippen LogP contribution in [0.2, 0.25) is 0 Å². The summed E-state index contributed by atoms with van der Waals surface area (Å²) in [6, 6.07) is 5.51. The number of halogens is 2. The van der Waals surface area contributed by atoms with Crippen molar-refractivity contribution in [1.29, 1.82) is 5.26 Å². The summed E-state index contributed by atoms with van der Waals surface area (Å²) in [6.45, 7) is 0. The maximum absolute atomic E-state index is 8.52. The monoisotopic (exact) mass is 278 g/mol. The third-order valence-electron chi connectivity index (χ3n) is 1.12. The predicted octanol–water partition coefficient (Wildman–Crippen LogP) is 2.30. The van der Waals surface area contributed by atoms with Gasteiger partial charge in [-0.25, -0.2) is 4.98 Å². The lowest BCUT2D eigenvalue weighted by molar-refractivity contribution is 1.18. The van der Waals surface area contributed by atoms with Crippen molar-refractivity contribution in [2.24, 2.45) is 0 Å². The summed E-state index contributed by atoms with van der Waals surface area (Å²) < 4.78 is 0.803. The summed E-state index contributed by atoms with van der Waals surface area (Å²) in [6.07, 6.45) is 0. The molecule has 11 heavy (non-hydrogen) atoms. The molecule has 56 valence electrons. The second-order valence-corrected chi connectivity index (χ2v) is 3.30. The number of pyridine rings is 1. The zero-order chi connectivity index (χ0) is 8.27. The zero-order valence-electron chi connectivity index (χ0n) is 5.51. The Kier molecular flexibility index (Phi) is 3.09. The summed E-state index contributed by atoms with van der Waals surface area (Å²) in [7, 11) is 0.